The van der Waals surface area contributed by atoms with Crippen molar-refractivity contribution in [2.75, 3.05) is 5.32 Å². The number of rotatable bonds is 3. The first-order valence-electron chi connectivity index (χ1n) is 8.23. The number of aryl methyl sites for hydroxylation is 1. The lowest BCUT2D eigenvalue weighted by molar-refractivity contribution is -0.117. The molecule has 1 aromatic rings. The summed E-state index contributed by atoms with van der Waals surface area (Å²) in [5.74, 6) is 0.833. The molecule has 0 spiro atoms. The van der Waals surface area contributed by atoms with Gasteiger partial charge < -0.3 is 5.32 Å². The van der Waals surface area contributed by atoms with E-state index in [0.29, 0.717) is 12.3 Å². The molecule has 108 valence electrons. The Kier molecular flexibility index (Phi) is 4.39. The second-order valence-corrected chi connectivity index (χ2v) is 6.41. The summed E-state index contributed by atoms with van der Waals surface area (Å²) in [5.41, 5.74) is 3.89. The highest BCUT2D eigenvalue weighted by Gasteiger charge is 2.19. The van der Waals surface area contributed by atoms with Gasteiger partial charge in [0.15, 0.2) is 0 Å². The Hall–Kier alpha value is -1.31. The van der Waals surface area contributed by atoms with Crippen LogP contribution in [0.5, 0.6) is 0 Å². The Labute approximate surface area is 122 Å². The molecule has 1 amide bonds. The first-order valence-corrected chi connectivity index (χ1v) is 8.23. The fourth-order valence-corrected chi connectivity index (χ4v) is 3.75. The summed E-state index contributed by atoms with van der Waals surface area (Å²) >= 11 is 0. The van der Waals surface area contributed by atoms with E-state index in [-0.39, 0.29) is 5.91 Å². The van der Waals surface area contributed by atoms with Crippen LogP contribution >= 0.6 is 0 Å². The zero-order chi connectivity index (χ0) is 13.8. The van der Waals surface area contributed by atoms with Gasteiger partial charge in [0.1, 0.15) is 0 Å². The molecule has 0 aliphatic heterocycles. The molecular formula is C18H25NO. The van der Waals surface area contributed by atoms with E-state index in [0.717, 1.165) is 12.1 Å². The van der Waals surface area contributed by atoms with Gasteiger partial charge in [-0.15, -0.1) is 0 Å². The van der Waals surface area contributed by atoms with Crippen molar-refractivity contribution in [3.8, 4) is 0 Å². The third kappa shape index (κ3) is 3.23. The maximum atomic E-state index is 12.3. The molecule has 1 N–H and O–H groups in total. The molecule has 0 atom stereocenters. The predicted molar refractivity (Wildman–Crippen MR) is 82.9 cm³/mol. The first-order chi connectivity index (χ1) is 9.83. The monoisotopic (exact) mass is 271 g/mol. The molecule has 0 unspecified atom stereocenters. The van der Waals surface area contributed by atoms with Crippen molar-refractivity contribution >= 4 is 11.6 Å². The molecular weight excluding hydrogens is 246 g/mol. The number of anilines is 1. The van der Waals surface area contributed by atoms with Gasteiger partial charge in [-0.05, 0) is 61.6 Å². The minimum atomic E-state index is 0.218. The third-order valence-corrected chi connectivity index (χ3v) is 4.87. The van der Waals surface area contributed by atoms with Gasteiger partial charge in [-0.3, -0.25) is 4.79 Å². The third-order valence-electron chi connectivity index (χ3n) is 4.87. The fourth-order valence-electron chi connectivity index (χ4n) is 3.75. The van der Waals surface area contributed by atoms with Gasteiger partial charge in [0.05, 0.1) is 0 Å². The van der Waals surface area contributed by atoms with Crippen molar-refractivity contribution in [3.05, 3.63) is 29.3 Å². The van der Waals surface area contributed by atoms with E-state index in [1.165, 1.54) is 62.5 Å². The van der Waals surface area contributed by atoms with E-state index in [9.17, 15) is 4.79 Å². The van der Waals surface area contributed by atoms with Crippen LogP contribution < -0.4 is 5.32 Å². The molecule has 3 rings (SSSR count). The lowest BCUT2D eigenvalue weighted by Gasteiger charge is -2.22. The molecule has 20 heavy (non-hydrogen) atoms. The highest BCUT2D eigenvalue weighted by atomic mass is 16.1. The summed E-state index contributed by atoms with van der Waals surface area (Å²) in [6.07, 6.45) is 12.0. The highest BCUT2D eigenvalue weighted by Crippen LogP contribution is 2.29. The zero-order valence-electron chi connectivity index (χ0n) is 12.3. The SMILES string of the molecule is O=C(CC1CCCCC1)Nc1cccc2c1CCCC2. The number of amides is 1. The first kappa shape index (κ1) is 13.7. The summed E-state index contributed by atoms with van der Waals surface area (Å²) in [4.78, 5) is 12.3. The number of nitrogens with one attached hydrogen (secondary N) is 1. The number of hydrogen-bond acceptors (Lipinski definition) is 1. The fraction of sp³-hybridized carbons (Fsp3) is 0.611. The standard InChI is InChI=1S/C18H25NO/c20-18(13-14-7-2-1-3-8-14)19-17-12-6-10-15-9-4-5-11-16(15)17/h6,10,12,14H,1-5,7-9,11,13H2,(H,19,20). The van der Waals surface area contributed by atoms with Gasteiger partial charge in [0.2, 0.25) is 5.91 Å². The molecule has 2 aliphatic carbocycles. The van der Waals surface area contributed by atoms with Gasteiger partial charge >= 0.3 is 0 Å². The van der Waals surface area contributed by atoms with Crippen LogP contribution in [0.4, 0.5) is 5.69 Å². The van der Waals surface area contributed by atoms with Crippen LogP contribution in [0.1, 0.15) is 62.5 Å². The topological polar surface area (TPSA) is 29.1 Å². The van der Waals surface area contributed by atoms with Crippen LogP contribution in [-0.4, -0.2) is 5.91 Å². The minimum absolute atomic E-state index is 0.218. The molecule has 0 saturated heterocycles. The van der Waals surface area contributed by atoms with Crippen LogP contribution in [0, 0.1) is 5.92 Å². The average Bonchev–Trinajstić information content (AvgIpc) is 2.48. The summed E-state index contributed by atoms with van der Waals surface area (Å²) < 4.78 is 0. The molecule has 1 saturated carbocycles. The Morgan fingerprint density at radius 1 is 1.05 bits per heavy atom. The molecule has 1 fully saturated rings. The summed E-state index contributed by atoms with van der Waals surface area (Å²) in [7, 11) is 0. The lowest BCUT2D eigenvalue weighted by atomic mass is 9.86. The van der Waals surface area contributed by atoms with Crippen molar-refractivity contribution in [2.24, 2.45) is 5.92 Å². The Balaban J connectivity index is 1.63. The molecule has 0 heterocycles. The molecule has 2 heteroatoms. The number of fused-ring (bicyclic) bond motifs is 1. The second-order valence-electron chi connectivity index (χ2n) is 6.41. The number of hydrogen-bond donors (Lipinski definition) is 1. The van der Waals surface area contributed by atoms with Crippen LogP contribution in [0.15, 0.2) is 18.2 Å². The van der Waals surface area contributed by atoms with Crippen LogP contribution in [0.2, 0.25) is 0 Å². The summed E-state index contributed by atoms with van der Waals surface area (Å²) in [6.45, 7) is 0. The van der Waals surface area contributed by atoms with Gasteiger partial charge in [0.25, 0.3) is 0 Å². The smallest absolute Gasteiger partial charge is 0.224 e. The van der Waals surface area contributed by atoms with Crippen molar-refractivity contribution < 1.29 is 4.79 Å². The highest BCUT2D eigenvalue weighted by molar-refractivity contribution is 5.91. The number of benzene rings is 1. The minimum Gasteiger partial charge on any atom is -0.326 e. The van der Waals surface area contributed by atoms with Crippen LogP contribution in [-0.2, 0) is 17.6 Å². The van der Waals surface area contributed by atoms with E-state index in [1.54, 1.807) is 0 Å². The zero-order valence-corrected chi connectivity index (χ0v) is 12.3. The molecule has 2 nitrogen and oxygen atoms in total. The second kappa shape index (κ2) is 6.43. The summed E-state index contributed by atoms with van der Waals surface area (Å²) in [5, 5.41) is 3.18. The van der Waals surface area contributed by atoms with E-state index in [2.05, 4.69) is 23.5 Å². The van der Waals surface area contributed by atoms with E-state index in [4.69, 9.17) is 0 Å². The average molecular weight is 271 g/mol. The summed E-state index contributed by atoms with van der Waals surface area (Å²) in [6, 6.07) is 6.37. The van der Waals surface area contributed by atoms with Gasteiger partial charge in [-0.25, -0.2) is 0 Å². The predicted octanol–water partition coefficient (Wildman–Crippen LogP) is 4.47. The molecule has 0 bridgehead atoms. The molecule has 0 radical (unpaired) electrons. The van der Waals surface area contributed by atoms with E-state index >= 15 is 0 Å². The van der Waals surface area contributed by atoms with Crippen molar-refractivity contribution in [1.29, 1.82) is 0 Å². The van der Waals surface area contributed by atoms with Gasteiger partial charge in [0, 0.05) is 12.1 Å². The van der Waals surface area contributed by atoms with Gasteiger partial charge in [-0.1, -0.05) is 31.4 Å². The van der Waals surface area contributed by atoms with Crippen LogP contribution in [0.3, 0.4) is 0 Å². The lowest BCUT2D eigenvalue weighted by Crippen LogP contribution is -2.19. The van der Waals surface area contributed by atoms with Crippen molar-refractivity contribution in [1.82, 2.24) is 0 Å². The Morgan fingerprint density at radius 2 is 1.85 bits per heavy atom. The maximum absolute atomic E-state index is 12.3. The van der Waals surface area contributed by atoms with Crippen molar-refractivity contribution in [2.45, 2.75) is 64.2 Å². The van der Waals surface area contributed by atoms with Crippen LogP contribution in [0.25, 0.3) is 0 Å². The largest absolute Gasteiger partial charge is 0.326 e. The number of carbonyl (C=O) groups is 1. The van der Waals surface area contributed by atoms with Crippen molar-refractivity contribution in [3.63, 3.8) is 0 Å². The van der Waals surface area contributed by atoms with E-state index in [1.807, 2.05) is 0 Å². The Bertz CT molecular complexity index is 474. The van der Waals surface area contributed by atoms with E-state index < -0.39 is 0 Å². The maximum Gasteiger partial charge on any atom is 0.224 e. The number of carbonyl (C=O) groups excluding carboxylic acids is 1. The normalized spacial score (nSPS) is 19.4. The molecule has 2 aliphatic rings. The molecule has 1 aromatic carbocycles. The quantitative estimate of drug-likeness (QED) is 0.863. The Morgan fingerprint density at radius 3 is 2.70 bits per heavy atom. The molecule has 0 aromatic heterocycles. The van der Waals surface area contributed by atoms with Gasteiger partial charge in [-0.2, -0.15) is 0 Å².